The van der Waals surface area contributed by atoms with Crippen LogP contribution in [-0.4, -0.2) is 36.2 Å². The van der Waals surface area contributed by atoms with Crippen molar-refractivity contribution in [1.29, 1.82) is 0 Å². The van der Waals surface area contributed by atoms with Gasteiger partial charge >= 0.3 is 7.12 Å². The summed E-state index contributed by atoms with van der Waals surface area (Å²) < 4.78 is 5.11. The lowest BCUT2D eigenvalue weighted by Gasteiger charge is -2.43. The summed E-state index contributed by atoms with van der Waals surface area (Å²) in [5.74, 6) is -0.175. The average Bonchev–Trinajstić information content (AvgIpc) is 2.49. The van der Waals surface area contributed by atoms with Gasteiger partial charge in [0.25, 0.3) is 0 Å². The van der Waals surface area contributed by atoms with Gasteiger partial charge in [-0.2, -0.15) is 0 Å². The molecule has 5 heteroatoms. The second-order valence-corrected chi connectivity index (χ2v) is 3.61. The third kappa shape index (κ3) is 0.871. The molecule has 2 atom stereocenters. The summed E-state index contributed by atoms with van der Waals surface area (Å²) in [4.78, 5) is 11.3. The molecule has 4 nitrogen and oxygen atoms in total. The zero-order valence-electron chi connectivity index (χ0n) is 6.69. The maximum atomic E-state index is 11.3. The van der Waals surface area contributed by atoms with Gasteiger partial charge in [-0.05, 0) is 6.42 Å². The lowest BCUT2D eigenvalue weighted by Crippen LogP contribution is -2.53. The van der Waals surface area contributed by atoms with Gasteiger partial charge in [-0.25, -0.2) is 0 Å². The zero-order valence-corrected chi connectivity index (χ0v) is 6.69. The van der Waals surface area contributed by atoms with Crippen LogP contribution in [-0.2, 0) is 9.53 Å². The predicted octanol–water partition coefficient (Wildman–Crippen LogP) is -0.791. The highest BCUT2D eigenvalue weighted by Crippen LogP contribution is 2.53. The first-order valence-electron chi connectivity index (χ1n) is 4.14. The molecule has 2 aliphatic rings. The number of Topliss-reactive ketones (excluding diaryl/α,β-unsaturated/α-hetero) is 1. The first-order valence-corrected chi connectivity index (χ1v) is 4.14. The van der Waals surface area contributed by atoms with Crippen LogP contribution in [0.1, 0.15) is 12.8 Å². The van der Waals surface area contributed by atoms with Crippen LogP contribution in [0.5, 0.6) is 0 Å². The Kier molecular flexibility index (Phi) is 1.75. The molecule has 2 unspecified atom stereocenters. The molecule has 1 saturated heterocycles. The maximum Gasteiger partial charge on any atom is 0.456 e. The molecule has 0 aromatic rings. The van der Waals surface area contributed by atoms with Crippen molar-refractivity contribution in [2.75, 3.05) is 13.2 Å². The summed E-state index contributed by atoms with van der Waals surface area (Å²) in [6.07, 6.45) is 0.940. The Bertz CT molecular complexity index is 209. The van der Waals surface area contributed by atoms with E-state index in [0.717, 1.165) is 0 Å². The third-order valence-corrected chi connectivity index (χ3v) is 3.08. The number of ether oxygens (including phenoxy) is 1. The summed E-state index contributed by atoms with van der Waals surface area (Å²) in [5.41, 5.74) is -0.547. The molecule has 0 radical (unpaired) electrons. The van der Waals surface area contributed by atoms with Gasteiger partial charge in [0.05, 0.1) is 12.0 Å². The molecular weight excluding hydrogens is 159 g/mol. The van der Waals surface area contributed by atoms with Gasteiger partial charge in [0.2, 0.25) is 0 Å². The molecule has 66 valence electrons. The Hall–Kier alpha value is -0.385. The Morgan fingerprint density at radius 3 is 2.75 bits per heavy atom. The van der Waals surface area contributed by atoms with Gasteiger partial charge in [-0.15, -0.1) is 0 Å². The van der Waals surface area contributed by atoms with Crippen molar-refractivity contribution in [3.8, 4) is 0 Å². The highest BCUT2D eigenvalue weighted by atomic mass is 16.5. The number of carbonyl (C=O) groups excluding carboxylic acids is 1. The van der Waals surface area contributed by atoms with Crippen molar-refractivity contribution in [2.45, 2.75) is 18.7 Å². The van der Waals surface area contributed by atoms with E-state index in [1.165, 1.54) is 0 Å². The number of hydrogen-bond donors (Lipinski definition) is 2. The third-order valence-electron chi connectivity index (χ3n) is 3.08. The molecule has 2 rings (SSSR count). The van der Waals surface area contributed by atoms with E-state index in [2.05, 4.69) is 0 Å². The quantitative estimate of drug-likeness (QED) is 0.506. The summed E-state index contributed by atoms with van der Waals surface area (Å²) in [6, 6.07) is 0. The number of rotatable bonds is 1. The minimum atomic E-state index is -1.37. The van der Waals surface area contributed by atoms with Crippen molar-refractivity contribution in [2.24, 2.45) is 5.41 Å². The summed E-state index contributed by atoms with van der Waals surface area (Å²) in [5, 5.41) is 17.9. The van der Waals surface area contributed by atoms with Gasteiger partial charge in [-0.3, -0.25) is 4.79 Å². The fraction of sp³-hybridized carbons (Fsp3) is 0.857. The van der Waals surface area contributed by atoms with Crippen molar-refractivity contribution in [1.82, 2.24) is 0 Å². The smallest absolute Gasteiger partial charge is 0.427 e. The van der Waals surface area contributed by atoms with Gasteiger partial charge in [0.1, 0.15) is 5.78 Å². The SMILES string of the molecule is O=C1CC(B(O)O)C12CCOC2. The van der Waals surface area contributed by atoms with Gasteiger partial charge < -0.3 is 14.8 Å². The predicted molar refractivity (Wildman–Crippen MR) is 41.4 cm³/mol. The molecule has 1 aliphatic heterocycles. The molecule has 12 heavy (non-hydrogen) atoms. The number of carbonyl (C=O) groups is 1. The summed E-state index contributed by atoms with van der Waals surface area (Å²) >= 11 is 0. The van der Waals surface area contributed by atoms with Crippen LogP contribution >= 0.6 is 0 Å². The molecule has 2 fully saturated rings. The highest BCUT2D eigenvalue weighted by Gasteiger charge is 2.60. The molecule has 0 aromatic carbocycles. The normalized spacial score (nSPS) is 40.2. The highest BCUT2D eigenvalue weighted by molar-refractivity contribution is 6.46. The van der Waals surface area contributed by atoms with E-state index in [0.29, 0.717) is 26.1 Å². The second kappa shape index (κ2) is 2.55. The van der Waals surface area contributed by atoms with Gasteiger partial charge in [-0.1, -0.05) is 0 Å². The standard InChI is InChI=1S/C7H11BO4/c9-6-3-5(8(10)11)7(6)1-2-12-4-7/h5,10-11H,1-4H2. The Labute approximate surface area is 70.7 Å². The zero-order chi connectivity index (χ0) is 8.77. The second-order valence-electron chi connectivity index (χ2n) is 3.61. The van der Waals surface area contributed by atoms with Crippen LogP contribution in [0.2, 0.25) is 5.82 Å². The molecule has 2 N–H and O–H groups in total. The van der Waals surface area contributed by atoms with Gasteiger partial charge in [0.15, 0.2) is 0 Å². The number of hydrogen-bond acceptors (Lipinski definition) is 4. The van der Waals surface area contributed by atoms with Crippen LogP contribution in [0.3, 0.4) is 0 Å². The van der Waals surface area contributed by atoms with E-state index >= 15 is 0 Å². The van der Waals surface area contributed by atoms with E-state index in [9.17, 15) is 4.79 Å². The lowest BCUT2D eigenvalue weighted by atomic mass is 9.45. The van der Waals surface area contributed by atoms with Gasteiger partial charge in [0, 0.05) is 18.8 Å². The summed E-state index contributed by atoms with van der Waals surface area (Å²) in [7, 11) is -1.37. The largest absolute Gasteiger partial charge is 0.456 e. The minimum absolute atomic E-state index is 0.123. The van der Waals surface area contributed by atoms with Crippen LogP contribution in [0.25, 0.3) is 0 Å². The van der Waals surface area contributed by atoms with Crippen LogP contribution in [0.15, 0.2) is 0 Å². The van der Waals surface area contributed by atoms with Crippen molar-refractivity contribution in [3.05, 3.63) is 0 Å². The van der Waals surface area contributed by atoms with Crippen molar-refractivity contribution < 1.29 is 19.6 Å². The molecule has 1 saturated carbocycles. The van der Waals surface area contributed by atoms with E-state index < -0.39 is 12.5 Å². The molecule has 0 aromatic heterocycles. The first-order chi connectivity index (χ1) is 5.67. The Balaban J connectivity index is 2.15. The number of ketones is 1. The maximum absolute atomic E-state index is 11.3. The Morgan fingerprint density at radius 2 is 2.33 bits per heavy atom. The fourth-order valence-corrected chi connectivity index (χ4v) is 2.16. The van der Waals surface area contributed by atoms with Crippen molar-refractivity contribution >= 4 is 12.9 Å². The van der Waals surface area contributed by atoms with E-state index in [1.54, 1.807) is 0 Å². The molecular formula is C7H11BO4. The molecule has 1 aliphatic carbocycles. The van der Waals surface area contributed by atoms with E-state index in [1.807, 2.05) is 0 Å². The molecule has 1 spiro atoms. The topological polar surface area (TPSA) is 66.8 Å². The average molecular weight is 170 g/mol. The van der Waals surface area contributed by atoms with E-state index in [-0.39, 0.29) is 11.6 Å². The van der Waals surface area contributed by atoms with Crippen molar-refractivity contribution in [3.63, 3.8) is 0 Å². The Morgan fingerprint density at radius 1 is 1.58 bits per heavy atom. The molecule has 0 bridgehead atoms. The lowest BCUT2D eigenvalue weighted by molar-refractivity contribution is -0.138. The molecule has 1 heterocycles. The first kappa shape index (κ1) is 8.22. The molecule has 0 amide bonds. The monoisotopic (exact) mass is 170 g/mol. The van der Waals surface area contributed by atoms with Crippen LogP contribution < -0.4 is 0 Å². The summed E-state index contributed by atoms with van der Waals surface area (Å²) in [6.45, 7) is 0.934. The van der Waals surface area contributed by atoms with Crippen LogP contribution in [0.4, 0.5) is 0 Å². The van der Waals surface area contributed by atoms with E-state index in [4.69, 9.17) is 14.8 Å². The minimum Gasteiger partial charge on any atom is -0.427 e. The fourth-order valence-electron chi connectivity index (χ4n) is 2.16. The van der Waals surface area contributed by atoms with Crippen LogP contribution in [0, 0.1) is 5.41 Å².